The predicted molar refractivity (Wildman–Crippen MR) is 173 cm³/mol. The molecule has 0 amide bonds. The van der Waals surface area contributed by atoms with Crippen molar-refractivity contribution in [3.05, 3.63) is 120 Å². The summed E-state index contributed by atoms with van der Waals surface area (Å²) in [6, 6.07) is 38.7. The van der Waals surface area contributed by atoms with E-state index < -0.39 is 0 Å². The third-order valence-corrected chi connectivity index (χ3v) is 7.59. The van der Waals surface area contributed by atoms with Crippen LogP contribution in [0.25, 0.3) is 56.3 Å². The van der Waals surface area contributed by atoms with Gasteiger partial charge in [0, 0.05) is 31.2 Å². The predicted octanol–water partition coefficient (Wildman–Crippen LogP) is 9.48. The monoisotopic (exact) mass is 740 g/mol. The van der Waals surface area contributed by atoms with Gasteiger partial charge in [0.15, 0.2) is 11.6 Å². The maximum Gasteiger partial charge on any atom is 0.164 e. The van der Waals surface area contributed by atoms with Crippen molar-refractivity contribution in [2.75, 3.05) is 0 Å². The van der Waals surface area contributed by atoms with E-state index in [4.69, 9.17) is 19.9 Å². The molecule has 217 valence electrons. The molecule has 43 heavy (non-hydrogen) atoms. The molecule has 2 aromatic heterocycles. The Labute approximate surface area is 268 Å². The summed E-state index contributed by atoms with van der Waals surface area (Å²) in [4.78, 5) is 19.8. The number of para-hydroxylation sites is 1. The number of pyridine rings is 1. The van der Waals surface area contributed by atoms with Crippen LogP contribution in [-0.4, -0.2) is 19.9 Å². The fraction of sp³-hybridized carbons (Fsp3) is 0.211. The maximum absolute atomic E-state index is 4.98. The number of benzene rings is 4. The summed E-state index contributed by atoms with van der Waals surface area (Å²) >= 11 is 0. The van der Waals surface area contributed by atoms with Crippen molar-refractivity contribution in [2.45, 2.75) is 52.4 Å². The Kier molecular flexibility index (Phi) is 8.42. The number of fused-ring (bicyclic) bond motifs is 1. The van der Waals surface area contributed by atoms with Crippen LogP contribution in [0.4, 0.5) is 0 Å². The fourth-order valence-corrected chi connectivity index (χ4v) is 4.97. The van der Waals surface area contributed by atoms with Gasteiger partial charge < -0.3 is 0 Å². The number of nitrogens with zero attached hydrogens (tertiary/aromatic N) is 4. The minimum absolute atomic E-state index is 0. The van der Waals surface area contributed by atoms with Gasteiger partial charge in [-0.05, 0) is 39.1 Å². The largest absolute Gasteiger partial charge is 0.296 e. The maximum atomic E-state index is 4.98. The molecule has 0 N–H and O–H groups in total. The quantitative estimate of drug-likeness (QED) is 0.169. The van der Waals surface area contributed by atoms with Gasteiger partial charge in [-0.1, -0.05) is 126 Å². The molecule has 0 bridgehead atoms. The molecular formula is C38H35IrN4-. The van der Waals surface area contributed by atoms with E-state index in [-0.39, 0.29) is 30.9 Å². The Hall–Kier alpha value is -4.05. The van der Waals surface area contributed by atoms with Crippen molar-refractivity contribution >= 4 is 10.9 Å². The van der Waals surface area contributed by atoms with E-state index in [0.717, 1.165) is 38.9 Å². The van der Waals surface area contributed by atoms with Crippen molar-refractivity contribution in [1.29, 1.82) is 0 Å². The summed E-state index contributed by atoms with van der Waals surface area (Å²) in [7, 11) is 0. The Balaban J connectivity index is 0.00000368. The Bertz CT molecular complexity index is 1800. The number of rotatable bonds is 4. The van der Waals surface area contributed by atoms with E-state index >= 15 is 0 Å². The molecule has 0 aliphatic heterocycles. The van der Waals surface area contributed by atoms with Crippen molar-refractivity contribution in [3.63, 3.8) is 0 Å². The summed E-state index contributed by atoms with van der Waals surface area (Å²) < 4.78 is 0. The van der Waals surface area contributed by atoms with Crippen LogP contribution in [0.5, 0.6) is 0 Å². The van der Waals surface area contributed by atoms with Gasteiger partial charge in [-0.3, -0.25) is 4.98 Å². The van der Waals surface area contributed by atoms with Crippen molar-refractivity contribution in [1.82, 2.24) is 19.9 Å². The van der Waals surface area contributed by atoms with Gasteiger partial charge in [0.05, 0.1) is 5.52 Å². The van der Waals surface area contributed by atoms with Crippen LogP contribution in [0.1, 0.15) is 52.7 Å². The Morgan fingerprint density at radius 2 is 1.02 bits per heavy atom. The van der Waals surface area contributed by atoms with Crippen LogP contribution in [0.15, 0.2) is 103 Å². The molecule has 6 aromatic rings. The van der Waals surface area contributed by atoms with Crippen molar-refractivity contribution < 1.29 is 20.1 Å². The van der Waals surface area contributed by atoms with E-state index in [1.165, 1.54) is 11.1 Å². The van der Waals surface area contributed by atoms with Crippen LogP contribution in [0, 0.1) is 6.07 Å². The topological polar surface area (TPSA) is 51.6 Å². The first-order valence-electron chi connectivity index (χ1n) is 14.4. The van der Waals surface area contributed by atoms with E-state index in [2.05, 4.69) is 114 Å². The second-order valence-corrected chi connectivity index (χ2v) is 12.8. The van der Waals surface area contributed by atoms with Gasteiger partial charge >= 0.3 is 0 Å². The minimum Gasteiger partial charge on any atom is -0.296 e. The second-order valence-electron chi connectivity index (χ2n) is 12.8. The van der Waals surface area contributed by atoms with Gasteiger partial charge in [0.1, 0.15) is 5.82 Å². The van der Waals surface area contributed by atoms with E-state index in [1.54, 1.807) is 0 Å². The van der Waals surface area contributed by atoms with E-state index in [1.807, 2.05) is 36.4 Å². The number of aromatic nitrogens is 4. The molecular weight excluding hydrogens is 705 g/mol. The Morgan fingerprint density at radius 3 is 1.56 bits per heavy atom. The van der Waals surface area contributed by atoms with E-state index in [0.29, 0.717) is 17.5 Å². The smallest absolute Gasteiger partial charge is 0.164 e. The molecule has 0 spiro atoms. The summed E-state index contributed by atoms with van der Waals surface area (Å²) in [6.07, 6.45) is 0. The van der Waals surface area contributed by atoms with Crippen LogP contribution < -0.4 is 0 Å². The molecule has 1 radical (unpaired) electrons. The first-order valence-corrected chi connectivity index (χ1v) is 14.4. The molecule has 0 unspecified atom stereocenters. The minimum atomic E-state index is 0. The standard InChI is InChI=1S/C38H35N4.Ir/c1-37(2,3)30-19-14-26(15-20-30)34-40-35(27-16-21-31(22-17-27)38(4,5)6)42-36(41-34)29-12-9-11-28(24-29)33-23-18-25-10-7-8-13-32(25)39-33;/h7-10,12-24H,1-6H3;/q-1;. The average Bonchev–Trinajstić information content (AvgIpc) is 3.00. The van der Waals surface area contributed by atoms with Gasteiger partial charge in [-0.25, -0.2) is 15.0 Å². The molecule has 6 rings (SSSR count). The zero-order valence-electron chi connectivity index (χ0n) is 25.4. The second kappa shape index (κ2) is 11.9. The van der Waals surface area contributed by atoms with Crippen molar-refractivity contribution in [3.8, 4) is 45.4 Å². The van der Waals surface area contributed by atoms with Crippen LogP contribution in [0.3, 0.4) is 0 Å². The third kappa shape index (κ3) is 6.64. The molecule has 0 aliphatic rings. The van der Waals surface area contributed by atoms with Gasteiger partial charge in [-0.2, -0.15) is 0 Å². The fourth-order valence-electron chi connectivity index (χ4n) is 4.97. The van der Waals surface area contributed by atoms with E-state index in [9.17, 15) is 0 Å². The van der Waals surface area contributed by atoms with Gasteiger partial charge in [0.25, 0.3) is 0 Å². The molecule has 0 atom stereocenters. The first-order chi connectivity index (χ1) is 20.0. The summed E-state index contributed by atoms with van der Waals surface area (Å²) in [5.74, 6) is 1.91. The third-order valence-electron chi connectivity index (χ3n) is 7.59. The zero-order valence-corrected chi connectivity index (χ0v) is 27.8. The summed E-state index contributed by atoms with van der Waals surface area (Å²) in [5, 5.41) is 1.11. The summed E-state index contributed by atoms with van der Waals surface area (Å²) in [5.41, 5.74) is 8.18. The molecule has 5 heteroatoms. The molecule has 4 nitrogen and oxygen atoms in total. The Morgan fingerprint density at radius 1 is 0.512 bits per heavy atom. The number of hydrogen-bond donors (Lipinski definition) is 0. The zero-order chi connectivity index (χ0) is 29.5. The normalized spacial score (nSPS) is 11.8. The molecule has 0 fully saturated rings. The summed E-state index contributed by atoms with van der Waals surface area (Å²) in [6.45, 7) is 13.3. The average molecular weight is 740 g/mol. The van der Waals surface area contributed by atoms with Gasteiger partial charge in [0.2, 0.25) is 0 Å². The SMILES string of the molecule is CC(C)(C)c1ccc(-c2nc(-c3ccc(C(C)(C)C)cc3)nc(-c3cc[c-]c(-c4ccc5ccccc5n4)c3)n2)cc1.[Ir]. The van der Waals surface area contributed by atoms with Crippen LogP contribution >= 0.6 is 0 Å². The van der Waals surface area contributed by atoms with Gasteiger partial charge in [-0.15, -0.1) is 29.8 Å². The molecule has 0 aliphatic carbocycles. The van der Waals surface area contributed by atoms with Crippen LogP contribution in [0.2, 0.25) is 0 Å². The van der Waals surface area contributed by atoms with Crippen molar-refractivity contribution in [2.24, 2.45) is 0 Å². The van der Waals surface area contributed by atoms with Crippen LogP contribution in [-0.2, 0) is 30.9 Å². The number of hydrogen-bond acceptors (Lipinski definition) is 4. The molecule has 0 saturated carbocycles. The first kappa shape index (κ1) is 30.4. The molecule has 4 aromatic carbocycles. The molecule has 2 heterocycles. The molecule has 0 saturated heterocycles.